The topological polar surface area (TPSA) is 58.2 Å². The van der Waals surface area contributed by atoms with Gasteiger partial charge in [0, 0.05) is 17.6 Å². The summed E-state index contributed by atoms with van der Waals surface area (Å²) in [6, 6.07) is 9.78. The van der Waals surface area contributed by atoms with Crippen LogP contribution in [0, 0.1) is 5.82 Å². The van der Waals surface area contributed by atoms with Gasteiger partial charge in [0.1, 0.15) is 5.82 Å². The normalized spacial score (nSPS) is 15.1. The monoisotopic (exact) mass is 380 g/mol. The van der Waals surface area contributed by atoms with Crippen LogP contribution in [0.5, 0.6) is 0 Å². The highest BCUT2D eigenvalue weighted by Gasteiger charge is 2.44. The molecule has 3 rings (SSSR count). The lowest BCUT2D eigenvalue weighted by atomic mass is 9.96. The number of hydrogen-bond donors (Lipinski definition) is 2. The lowest BCUT2D eigenvalue weighted by Crippen LogP contribution is -2.39. The first-order chi connectivity index (χ1) is 12.7. The van der Waals surface area contributed by atoms with Crippen LogP contribution in [0.25, 0.3) is 0 Å². The van der Waals surface area contributed by atoms with Crippen LogP contribution in [-0.2, 0) is 21.2 Å². The molecule has 4 nitrogen and oxygen atoms in total. The molecular formula is C19H16F4N2O2. The third-order valence-corrected chi connectivity index (χ3v) is 4.57. The number of amides is 2. The zero-order valence-electron chi connectivity index (χ0n) is 14.1. The van der Waals surface area contributed by atoms with Crippen molar-refractivity contribution in [2.24, 2.45) is 0 Å². The minimum Gasteiger partial charge on any atom is -0.347 e. The molecule has 0 saturated heterocycles. The number of benzene rings is 2. The van der Waals surface area contributed by atoms with E-state index in [4.69, 9.17) is 0 Å². The quantitative estimate of drug-likeness (QED) is 0.629. The Labute approximate surface area is 152 Å². The average Bonchev–Trinajstić information content (AvgIpc) is 3.41. The Morgan fingerprint density at radius 1 is 0.926 bits per heavy atom. The molecule has 2 aromatic carbocycles. The first kappa shape index (κ1) is 18.9. The summed E-state index contributed by atoms with van der Waals surface area (Å²) in [4.78, 5) is 23.9. The molecule has 0 spiro atoms. The molecule has 142 valence electrons. The van der Waals surface area contributed by atoms with Crippen molar-refractivity contribution in [3.63, 3.8) is 0 Å². The molecule has 0 atom stereocenters. The molecule has 2 aromatic rings. The van der Waals surface area contributed by atoms with E-state index in [0.29, 0.717) is 0 Å². The molecule has 0 unspecified atom stereocenters. The maximum Gasteiger partial charge on any atom is 0.416 e. The summed E-state index contributed by atoms with van der Waals surface area (Å²) >= 11 is 0. The molecule has 0 aromatic heterocycles. The maximum atomic E-state index is 13.0. The van der Waals surface area contributed by atoms with E-state index < -0.39 is 23.6 Å². The lowest BCUT2D eigenvalue weighted by Gasteiger charge is -2.16. The molecule has 0 radical (unpaired) electrons. The smallest absolute Gasteiger partial charge is 0.347 e. The van der Waals surface area contributed by atoms with Gasteiger partial charge < -0.3 is 10.6 Å². The summed E-state index contributed by atoms with van der Waals surface area (Å²) in [5.41, 5.74) is -0.187. The van der Waals surface area contributed by atoms with Crippen molar-refractivity contribution in [2.75, 3.05) is 11.9 Å². The van der Waals surface area contributed by atoms with E-state index >= 15 is 0 Å². The highest BCUT2D eigenvalue weighted by molar-refractivity contribution is 6.39. The predicted molar refractivity (Wildman–Crippen MR) is 90.4 cm³/mol. The zero-order valence-corrected chi connectivity index (χ0v) is 14.1. The van der Waals surface area contributed by atoms with Crippen LogP contribution in [-0.4, -0.2) is 18.4 Å². The van der Waals surface area contributed by atoms with Crippen molar-refractivity contribution in [3.05, 3.63) is 65.5 Å². The van der Waals surface area contributed by atoms with Crippen LogP contribution in [0.15, 0.2) is 48.5 Å². The molecule has 0 aliphatic heterocycles. The van der Waals surface area contributed by atoms with Gasteiger partial charge in [0.15, 0.2) is 0 Å². The fourth-order valence-corrected chi connectivity index (χ4v) is 2.78. The minimum absolute atomic E-state index is 0.0859. The molecule has 2 amide bonds. The van der Waals surface area contributed by atoms with E-state index in [-0.39, 0.29) is 23.5 Å². The summed E-state index contributed by atoms with van der Waals surface area (Å²) in [7, 11) is 0. The first-order valence-electron chi connectivity index (χ1n) is 8.22. The maximum absolute atomic E-state index is 13.0. The van der Waals surface area contributed by atoms with Crippen molar-refractivity contribution in [1.82, 2.24) is 5.32 Å². The van der Waals surface area contributed by atoms with Crippen molar-refractivity contribution in [2.45, 2.75) is 24.4 Å². The highest BCUT2D eigenvalue weighted by atomic mass is 19.4. The number of alkyl halides is 3. The molecule has 1 aliphatic carbocycles. The third-order valence-electron chi connectivity index (χ3n) is 4.57. The van der Waals surface area contributed by atoms with E-state index in [2.05, 4.69) is 10.6 Å². The Hall–Kier alpha value is -2.90. The standard InChI is InChI=1S/C19H16F4N2O2/c20-14-5-1-12(2-6-14)18(9-10-18)11-24-16(26)17(27)25-15-7-3-13(4-8-15)19(21,22)23/h1-8H,9-11H2,(H,24,26)(H,25,27). The summed E-state index contributed by atoms with van der Waals surface area (Å²) in [5.74, 6) is -2.21. The van der Waals surface area contributed by atoms with E-state index in [1.807, 2.05) is 0 Å². The number of carbonyl (C=O) groups is 2. The molecule has 1 fully saturated rings. The fraction of sp³-hybridized carbons (Fsp3) is 0.263. The summed E-state index contributed by atoms with van der Waals surface area (Å²) < 4.78 is 50.6. The van der Waals surface area contributed by atoms with Gasteiger partial charge in [0.05, 0.1) is 5.56 Å². The van der Waals surface area contributed by atoms with Gasteiger partial charge >= 0.3 is 18.0 Å². The summed E-state index contributed by atoms with van der Waals surface area (Å²) in [6.07, 6.45) is -2.86. The Bertz CT molecular complexity index is 842. The number of rotatable bonds is 4. The van der Waals surface area contributed by atoms with E-state index in [9.17, 15) is 27.2 Å². The number of anilines is 1. The van der Waals surface area contributed by atoms with Crippen LogP contribution in [0.1, 0.15) is 24.0 Å². The number of carbonyl (C=O) groups excluding carboxylic acids is 2. The number of halogens is 4. The van der Waals surface area contributed by atoms with Crippen LogP contribution >= 0.6 is 0 Å². The van der Waals surface area contributed by atoms with Gasteiger partial charge in [-0.2, -0.15) is 13.2 Å². The molecule has 0 heterocycles. The van der Waals surface area contributed by atoms with Gasteiger partial charge in [0.25, 0.3) is 0 Å². The van der Waals surface area contributed by atoms with E-state index in [1.165, 1.54) is 12.1 Å². The van der Waals surface area contributed by atoms with Crippen molar-refractivity contribution >= 4 is 17.5 Å². The Kier molecular flexibility index (Phi) is 4.91. The molecule has 1 saturated carbocycles. The van der Waals surface area contributed by atoms with Crippen LogP contribution in [0.3, 0.4) is 0 Å². The highest BCUT2D eigenvalue weighted by Crippen LogP contribution is 2.47. The lowest BCUT2D eigenvalue weighted by molar-refractivity contribution is -0.137. The molecule has 0 bridgehead atoms. The average molecular weight is 380 g/mol. The minimum atomic E-state index is -4.47. The SMILES string of the molecule is O=C(NCC1(c2ccc(F)cc2)CC1)C(=O)Nc1ccc(C(F)(F)F)cc1. The van der Waals surface area contributed by atoms with Crippen LogP contribution < -0.4 is 10.6 Å². The Balaban J connectivity index is 1.55. The molecule has 8 heteroatoms. The van der Waals surface area contributed by atoms with Gasteiger partial charge in [-0.3, -0.25) is 9.59 Å². The van der Waals surface area contributed by atoms with Crippen molar-refractivity contribution in [3.8, 4) is 0 Å². The number of nitrogens with one attached hydrogen (secondary N) is 2. The Morgan fingerprint density at radius 3 is 2.04 bits per heavy atom. The largest absolute Gasteiger partial charge is 0.416 e. The molecule has 1 aliphatic rings. The van der Waals surface area contributed by atoms with Crippen molar-refractivity contribution in [1.29, 1.82) is 0 Å². The summed E-state index contributed by atoms with van der Waals surface area (Å²) in [6.45, 7) is 0.220. The molecular weight excluding hydrogens is 364 g/mol. The Morgan fingerprint density at radius 2 is 1.52 bits per heavy atom. The van der Waals surface area contributed by atoms with Gasteiger partial charge in [-0.15, -0.1) is 0 Å². The summed E-state index contributed by atoms with van der Waals surface area (Å²) in [5, 5.41) is 4.79. The van der Waals surface area contributed by atoms with Gasteiger partial charge in [-0.1, -0.05) is 12.1 Å². The molecule has 27 heavy (non-hydrogen) atoms. The van der Waals surface area contributed by atoms with Crippen molar-refractivity contribution < 1.29 is 27.2 Å². The molecule has 2 N–H and O–H groups in total. The van der Waals surface area contributed by atoms with Gasteiger partial charge in [-0.05, 0) is 54.8 Å². The van der Waals surface area contributed by atoms with Crippen LogP contribution in [0.4, 0.5) is 23.2 Å². The van der Waals surface area contributed by atoms with Crippen LogP contribution in [0.2, 0.25) is 0 Å². The van der Waals surface area contributed by atoms with Gasteiger partial charge in [-0.25, -0.2) is 4.39 Å². The van der Waals surface area contributed by atoms with E-state index in [0.717, 1.165) is 42.7 Å². The second-order valence-electron chi connectivity index (χ2n) is 6.50. The zero-order chi connectivity index (χ0) is 19.7. The second-order valence-corrected chi connectivity index (χ2v) is 6.50. The third kappa shape index (κ3) is 4.45. The second kappa shape index (κ2) is 7.02. The number of hydrogen-bond acceptors (Lipinski definition) is 2. The predicted octanol–water partition coefficient (Wildman–Crippen LogP) is 3.63. The van der Waals surface area contributed by atoms with E-state index in [1.54, 1.807) is 12.1 Å². The fourth-order valence-electron chi connectivity index (χ4n) is 2.78. The first-order valence-corrected chi connectivity index (χ1v) is 8.22. The van der Waals surface area contributed by atoms with Gasteiger partial charge in [0.2, 0.25) is 0 Å².